The highest BCUT2D eigenvalue weighted by molar-refractivity contribution is 6.05. The van der Waals surface area contributed by atoms with Gasteiger partial charge in [0.15, 0.2) is 0 Å². The van der Waals surface area contributed by atoms with Crippen LogP contribution in [0.1, 0.15) is 29.5 Å². The fraction of sp³-hybridized carbons (Fsp3) is 0.200. The van der Waals surface area contributed by atoms with Crippen LogP contribution in [-0.4, -0.2) is 0 Å². The van der Waals surface area contributed by atoms with Crippen LogP contribution < -0.4 is 0 Å². The summed E-state index contributed by atoms with van der Waals surface area (Å²) in [7, 11) is 0. The topological polar surface area (TPSA) is 0 Å². The van der Waals surface area contributed by atoms with Gasteiger partial charge in [0.25, 0.3) is 0 Å². The van der Waals surface area contributed by atoms with Crippen LogP contribution in [-0.2, 0) is 5.41 Å². The van der Waals surface area contributed by atoms with Crippen LogP contribution in [0, 0.1) is 6.92 Å². The second kappa shape index (κ2) is 3.32. The van der Waals surface area contributed by atoms with Crippen LogP contribution in [0.5, 0.6) is 0 Å². The van der Waals surface area contributed by atoms with E-state index in [1.165, 1.54) is 40.3 Å². The summed E-state index contributed by atoms with van der Waals surface area (Å²) in [6.45, 7) is 2.23. The lowest BCUT2D eigenvalue weighted by Crippen LogP contribution is -2.15. The molecule has 1 fully saturated rings. The van der Waals surface area contributed by atoms with Crippen LogP contribution in [0.3, 0.4) is 0 Å². The van der Waals surface area contributed by atoms with E-state index in [9.17, 15) is 0 Å². The van der Waals surface area contributed by atoms with Crippen molar-refractivity contribution in [1.82, 2.24) is 0 Å². The van der Waals surface area contributed by atoms with Gasteiger partial charge in [0, 0.05) is 5.41 Å². The minimum Gasteiger partial charge on any atom is -0.0619 e. The monoisotopic (exact) mass is 256 g/mol. The largest absolute Gasteiger partial charge is 0.0619 e. The highest BCUT2D eigenvalue weighted by Crippen LogP contribution is 2.61. The lowest BCUT2D eigenvalue weighted by Gasteiger charge is -2.29. The summed E-state index contributed by atoms with van der Waals surface area (Å²) in [5.74, 6) is 0. The van der Waals surface area contributed by atoms with Crippen molar-refractivity contribution in [1.29, 1.82) is 0 Å². The van der Waals surface area contributed by atoms with Crippen LogP contribution >= 0.6 is 0 Å². The van der Waals surface area contributed by atoms with Gasteiger partial charge in [-0.3, -0.25) is 0 Å². The molecule has 3 aromatic rings. The average molecular weight is 256 g/mol. The lowest BCUT2D eigenvalue weighted by molar-refractivity contribution is 0.853. The first kappa shape index (κ1) is 10.7. The fourth-order valence-electron chi connectivity index (χ4n) is 4.12. The zero-order valence-corrected chi connectivity index (χ0v) is 11.6. The molecule has 0 saturated heterocycles. The smallest absolute Gasteiger partial charge is 0.0216 e. The van der Waals surface area contributed by atoms with Gasteiger partial charge < -0.3 is 0 Å². The summed E-state index contributed by atoms with van der Waals surface area (Å²) in [6, 6.07) is 20.5. The summed E-state index contributed by atoms with van der Waals surface area (Å²) in [4.78, 5) is 0. The fourth-order valence-corrected chi connectivity index (χ4v) is 4.12. The van der Waals surface area contributed by atoms with Crippen molar-refractivity contribution in [2.24, 2.45) is 0 Å². The molecule has 0 aromatic heterocycles. The number of hydrogen-bond acceptors (Lipinski definition) is 0. The molecule has 0 N–H and O–H groups in total. The van der Waals surface area contributed by atoms with E-state index in [0.29, 0.717) is 5.41 Å². The number of benzene rings is 3. The molecule has 0 aliphatic heterocycles. The highest BCUT2D eigenvalue weighted by atomic mass is 14.5. The first-order valence-electron chi connectivity index (χ1n) is 7.44. The summed E-state index contributed by atoms with van der Waals surface area (Å²) in [5, 5.41) is 2.93. The molecule has 1 spiro atoms. The summed E-state index contributed by atoms with van der Waals surface area (Å²) in [6.07, 6.45) is 2.60. The van der Waals surface area contributed by atoms with E-state index in [-0.39, 0.29) is 0 Å². The van der Waals surface area contributed by atoms with Crippen molar-refractivity contribution in [3.63, 3.8) is 0 Å². The maximum absolute atomic E-state index is 2.36. The molecule has 2 aliphatic rings. The van der Waals surface area contributed by atoms with Crippen LogP contribution in [0.25, 0.3) is 21.9 Å². The SMILES string of the molecule is Cc1ccc2c3c(cccc13)C1(CC1)c1ccccc1-2. The van der Waals surface area contributed by atoms with E-state index in [1.807, 2.05) is 0 Å². The highest BCUT2D eigenvalue weighted by Gasteiger charge is 2.50. The maximum atomic E-state index is 2.36. The summed E-state index contributed by atoms with van der Waals surface area (Å²) < 4.78 is 0. The van der Waals surface area contributed by atoms with Gasteiger partial charge in [-0.15, -0.1) is 0 Å². The van der Waals surface area contributed by atoms with Crippen molar-refractivity contribution in [2.75, 3.05) is 0 Å². The molecule has 0 unspecified atom stereocenters. The standard InChI is InChI=1S/C20H16/c1-13-9-10-16-15-5-2-3-7-17(15)20(11-12-20)18-8-4-6-14(13)19(16)18/h2-10H,11-12H2,1H3. The predicted molar refractivity (Wildman–Crippen MR) is 84.1 cm³/mol. The second-order valence-electron chi connectivity index (χ2n) is 6.29. The van der Waals surface area contributed by atoms with E-state index >= 15 is 0 Å². The van der Waals surface area contributed by atoms with Crippen molar-refractivity contribution in [2.45, 2.75) is 25.2 Å². The van der Waals surface area contributed by atoms with Gasteiger partial charge in [-0.1, -0.05) is 54.6 Å². The first-order chi connectivity index (χ1) is 9.81. The number of fused-ring (bicyclic) bond motifs is 4. The molecule has 1 saturated carbocycles. The molecule has 5 rings (SSSR count). The Morgan fingerprint density at radius 3 is 2.40 bits per heavy atom. The third kappa shape index (κ3) is 1.09. The Bertz CT molecular complexity index is 866. The minimum absolute atomic E-state index is 0.316. The number of rotatable bonds is 0. The Kier molecular flexibility index (Phi) is 1.77. The molecule has 20 heavy (non-hydrogen) atoms. The van der Waals surface area contributed by atoms with E-state index in [2.05, 4.69) is 61.5 Å². The van der Waals surface area contributed by atoms with Gasteiger partial charge in [0.2, 0.25) is 0 Å². The molecule has 0 nitrogen and oxygen atoms in total. The Morgan fingerprint density at radius 2 is 1.55 bits per heavy atom. The average Bonchev–Trinajstić information content (AvgIpc) is 3.28. The van der Waals surface area contributed by atoms with E-state index in [0.717, 1.165) is 0 Å². The Hall–Kier alpha value is -2.08. The predicted octanol–water partition coefficient (Wildman–Crippen LogP) is 5.21. The van der Waals surface area contributed by atoms with Gasteiger partial charge >= 0.3 is 0 Å². The molecule has 2 aliphatic carbocycles. The first-order valence-corrected chi connectivity index (χ1v) is 7.44. The van der Waals surface area contributed by atoms with E-state index in [1.54, 1.807) is 11.1 Å². The van der Waals surface area contributed by atoms with Crippen molar-refractivity contribution in [3.8, 4) is 11.1 Å². The van der Waals surface area contributed by atoms with Gasteiger partial charge in [0.1, 0.15) is 0 Å². The third-order valence-corrected chi connectivity index (χ3v) is 5.26. The molecule has 0 bridgehead atoms. The van der Waals surface area contributed by atoms with Crippen LogP contribution in [0.2, 0.25) is 0 Å². The van der Waals surface area contributed by atoms with E-state index < -0.39 is 0 Å². The normalized spacial score (nSPS) is 17.2. The molecule has 3 aromatic carbocycles. The van der Waals surface area contributed by atoms with E-state index in [4.69, 9.17) is 0 Å². The van der Waals surface area contributed by atoms with Gasteiger partial charge in [-0.05, 0) is 58.4 Å². The van der Waals surface area contributed by atoms with Crippen molar-refractivity contribution in [3.05, 3.63) is 71.3 Å². The molecule has 0 radical (unpaired) electrons. The molecule has 0 amide bonds. The zero-order valence-electron chi connectivity index (χ0n) is 11.6. The molecule has 0 atom stereocenters. The Labute approximate surface area is 119 Å². The Morgan fingerprint density at radius 1 is 0.750 bits per heavy atom. The van der Waals surface area contributed by atoms with Crippen molar-refractivity contribution < 1.29 is 0 Å². The summed E-state index contributed by atoms with van der Waals surface area (Å²) in [5.41, 5.74) is 7.69. The second-order valence-corrected chi connectivity index (χ2v) is 6.29. The number of aryl methyl sites for hydroxylation is 1. The molecule has 0 heteroatoms. The minimum atomic E-state index is 0.316. The third-order valence-electron chi connectivity index (χ3n) is 5.26. The maximum Gasteiger partial charge on any atom is 0.0216 e. The Balaban J connectivity index is 2.06. The lowest BCUT2D eigenvalue weighted by atomic mass is 9.74. The quantitative estimate of drug-likeness (QED) is 0.518. The van der Waals surface area contributed by atoms with Crippen molar-refractivity contribution >= 4 is 10.8 Å². The van der Waals surface area contributed by atoms with Gasteiger partial charge in [-0.25, -0.2) is 0 Å². The summed E-state index contributed by atoms with van der Waals surface area (Å²) >= 11 is 0. The molecule has 96 valence electrons. The van der Waals surface area contributed by atoms with Crippen LogP contribution in [0.4, 0.5) is 0 Å². The van der Waals surface area contributed by atoms with Crippen LogP contribution in [0.15, 0.2) is 54.6 Å². The number of hydrogen-bond donors (Lipinski definition) is 0. The molecule has 0 heterocycles. The van der Waals surface area contributed by atoms with Gasteiger partial charge in [-0.2, -0.15) is 0 Å². The molecular formula is C20H16. The zero-order chi connectivity index (χ0) is 13.3. The molecular weight excluding hydrogens is 240 g/mol. The van der Waals surface area contributed by atoms with Gasteiger partial charge in [0.05, 0.1) is 0 Å².